The van der Waals surface area contributed by atoms with Crippen molar-refractivity contribution < 1.29 is 4.79 Å². The first-order valence-corrected chi connectivity index (χ1v) is 7.33. The van der Waals surface area contributed by atoms with Crippen molar-refractivity contribution in [3.63, 3.8) is 0 Å². The number of nitrogen functional groups attached to an aromatic ring is 1. The third-order valence-electron chi connectivity index (χ3n) is 4.84. The Hall–Kier alpha value is -2.30. The van der Waals surface area contributed by atoms with E-state index in [1.165, 1.54) is 11.1 Å². The molecule has 2 aliphatic rings. The highest BCUT2D eigenvalue weighted by atomic mass is 16.2. The number of nitrogens with zero attached hydrogens (tertiary/aromatic N) is 2. The Morgan fingerprint density at radius 2 is 2.24 bits per heavy atom. The molecule has 1 amide bonds. The molecule has 0 spiro atoms. The van der Waals surface area contributed by atoms with E-state index in [1.807, 2.05) is 0 Å². The molecule has 3 N–H and O–H groups in total. The zero-order valence-electron chi connectivity index (χ0n) is 11.9. The zero-order chi connectivity index (χ0) is 14.6. The predicted octanol–water partition coefficient (Wildman–Crippen LogP) is 1.92. The number of benzene rings is 1. The number of carbonyl (C=O) groups is 1. The molecule has 3 unspecified atom stereocenters. The molecule has 108 valence electrons. The van der Waals surface area contributed by atoms with Gasteiger partial charge < -0.3 is 11.1 Å². The Labute approximate surface area is 123 Å². The average molecular weight is 282 g/mol. The third kappa shape index (κ3) is 1.84. The summed E-state index contributed by atoms with van der Waals surface area (Å²) in [4.78, 5) is 12.5. The van der Waals surface area contributed by atoms with Gasteiger partial charge in [-0.3, -0.25) is 9.48 Å². The number of fused-ring (bicyclic) bond motifs is 3. The second-order valence-electron chi connectivity index (χ2n) is 6.01. The number of nitrogens with two attached hydrogens (primary N) is 1. The van der Waals surface area contributed by atoms with Gasteiger partial charge in [0, 0.05) is 13.0 Å². The maximum absolute atomic E-state index is 12.5. The molecule has 3 atom stereocenters. The molecule has 1 aromatic carbocycles. The van der Waals surface area contributed by atoms with Gasteiger partial charge >= 0.3 is 0 Å². The minimum atomic E-state index is 0.0667. The summed E-state index contributed by atoms with van der Waals surface area (Å²) in [5, 5.41) is 7.00. The number of aryl methyl sites for hydroxylation is 2. The fourth-order valence-electron chi connectivity index (χ4n) is 3.73. The van der Waals surface area contributed by atoms with Gasteiger partial charge in [-0.05, 0) is 35.8 Å². The van der Waals surface area contributed by atoms with Gasteiger partial charge in [0.15, 0.2) is 5.82 Å². The topological polar surface area (TPSA) is 72.9 Å². The van der Waals surface area contributed by atoms with Gasteiger partial charge in [-0.15, -0.1) is 0 Å². The van der Waals surface area contributed by atoms with Crippen LogP contribution in [0.1, 0.15) is 23.5 Å². The van der Waals surface area contributed by atoms with Crippen LogP contribution in [0.3, 0.4) is 0 Å². The van der Waals surface area contributed by atoms with Crippen LogP contribution in [-0.2, 0) is 18.3 Å². The van der Waals surface area contributed by atoms with Crippen LogP contribution < -0.4 is 11.1 Å². The molecule has 5 nitrogen and oxygen atoms in total. The van der Waals surface area contributed by atoms with Crippen LogP contribution in [0.5, 0.6) is 0 Å². The monoisotopic (exact) mass is 282 g/mol. The fourth-order valence-corrected chi connectivity index (χ4v) is 3.73. The second-order valence-corrected chi connectivity index (χ2v) is 6.01. The molecule has 0 aliphatic heterocycles. The van der Waals surface area contributed by atoms with Gasteiger partial charge in [-0.1, -0.05) is 24.3 Å². The molecule has 21 heavy (non-hydrogen) atoms. The van der Waals surface area contributed by atoms with Crippen LogP contribution in [0, 0.1) is 11.8 Å². The molecule has 1 saturated carbocycles. The van der Waals surface area contributed by atoms with E-state index in [2.05, 4.69) is 34.7 Å². The fraction of sp³-hybridized carbons (Fsp3) is 0.375. The average Bonchev–Trinajstić information content (AvgIpc) is 3.17. The van der Waals surface area contributed by atoms with Crippen molar-refractivity contribution in [3.05, 3.63) is 41.6 Å². The summed E-state index contributed by atoms with van der Waals surface area (Å²) >= 11 is 0. The first kappa shape index (κ1) is 12.4. The van der Waals surface area contributed by atoms with E-state index in [4.69, 9.17) is 5.73 Å². The molecule has 1 fully saturated rings. The predicted molar refractivity (Wildman–Crippen MR) is 80.7 cm³/mol. The summed E-state index contributed by atoms with van der Waals surface area (Å²) < 4.78 is 1.60. The summed E-state index contributed by atoms with van der Waals surface area (Å²) in [6.07, 6.45) is 3.74. The van der Waals surface area contributed by atoms with Gasteiger partial charge in [0.1, 0.15) is 0 Å². The summed E-state index contributed by atoms with van der Waals surface area (Å²) in [6, 6.07) is 8.48. The van der Waals surface area contributed by atoms with Crippen molar-refractivity contribution in [3.8, 4) is 0 Å². The molecule has 0 radical (unpaired) electrons. The van der Waals surface area contributed by atoms with Crippen molar-refractivity contribution in [2.24, 2.45) is 18.9 Å². The van der Waals surface area contributed by atoms with Gasteiger partial charge in [0.25, 0.3) is 0 Å². The standard InChI is InChI=1S/C16H18N4O/c1-20-15(12(17)8-18-20)19-16(21)14-11-7-6-9-4-2-3-5-10(9)13(11)14/h2-5,8,11,13-14H,6-7,17H2,1H3,(H,19,21). The highest BCUT2D eigenvalue weighted by Gasteiger charge is 2.57. The van der Waals surface area contributed by atoms with E-state index in [1.54, 1.807) is 17.9 Å². The lowest BCUT2D eigenvalue weighted by Crippen LogP contribution is -2.18. The summed E-state index contributed by atoms with van der Waals surface area (Å²) in [7, 11) is 1.78. The Bertz CT molecular complexity index is 701. The summed E-state index contributed by atoms with van der Waals surface area (Å²) in [5.74, 6) is 1.59. The second kappa shape index (κ2) is 4.35. The molecule has 4 rings (SSSR count). The van der Waals surface area contributed by atoms with Crippen LogP contribution >= 0.6 is 0 Å². The van der Waals surface area contributed by atoms with Crippen LogP contribution in [0.15, 0.2) is 30.5 Å². The number of aromatic nitrogens is 2. The summed E-state index contributed by atoms with van der Waals surface area (Å²) in [5.41, 5.74) is 9.10. The van der Waals surface area contributed by atoms with E-state index in [-0.39, 0.29) is 11.8 Å². The Morgan fingerprint density at radius 3 is 3.00 bits per heavy atom. The number of hydrogen-bond donors (Lipinski definition) is 2. The lowest BCUT2D eigenvalue weighted by atomic mass is 9.92. The number of nitrogens with one attached hydrogen (secondary N) is 1. The quantitative estimate of drug-likeness (QED) is 0.883. The number of hydrogen-bond acceptors (Lipinski definition) is 3. The number of rotatable bonds is 2. The highest BCUT2D eigenvalue weighted by Crippen LogP contribution is 2.60. The zero-order valence-corrected chi connectivity index (χ0v) is 11.9. The van der Waals surface area contributed by atoms with E-state index in [0.717, 1.165) is 12.8 Å². The molecule has 5 heteroatoms. The highest BCUT2D eigenvalue weighted by molar-refractivity contribution is 5.97. The van der Waals surface area contributed by atoms with Crippen LogP contribution in [0.2, 0.25) is 0 Å². The first-order chi connectivity index (χ1) is 10.2. The summed E-state index contributed by atoms with van der Waals surface area (Å²) in [6.45, 7) is 0. The molecule has 0 bridgehead atoms. The van der Waals surface area contributed by atoms with Gasteiger partial charge in [0.05, 0.1) is 11.9 Å². The molecule has 1 aromatic heterocycles. The van der Waals surface area contributed by atoms with E-state index >= 15 is 0 Å². The van der Waals surface area contributed by atoms with Crippen molar-refractivity contribution in [2.45, 2.75) is 18.8 Å². The molecular formula is C16H18N4O. The lowest BCUT2D eigenvalue weighted by molar-refractivity contribution is -0.117. The first-order valence-electron chi connectivity index (χ1n) is 7.33. The van der Waals surface area contributed by atoms with Crippen molar-refractivity contribution >= 4 is 17.4 Å². The van der Waals surface area contributed by atoms with Crippen molar-refractivity contribution in [1.82, 2.24) is 9.78 Å². The van der Waals surface area contributed by atoms with Crippen molar-refractivity contribution in [2.75, 3.05) is 11.1 Å². The van der Waals surface area contributed by atoms with Gasteiger partial charge in [-0.25, -0.2) is 0 Å². The van der Waals surface area contributed by atoms with Crippen LogP contribution in [0.4, 0.5) is 11.5 Å². The number of amides is 1. The van der Waals surface area contributed by atoms with Gasteiger partial charge in [0.2, 0.25) is 5.91 Å². The van der Waals surface area contributed by atoms with E-state index < -0.39 is 0 Å². The Morgan fingerprint density at radius 1 is 1.43 bits per heavy atom. The maximum Gasteiger partial charge on any atom is 0.229 e. The molecule has 2 aromatic rings. The van der Waals surface area contributed by atoms with E-state index in [0.29, 0.717) is 23.3 Å². The van der Waals surface area contributed by atoms with E-state index in [9.17, 15) is 4.79 Å². The Kier molecular flexibility index (Phi) is 2.58. The normalized spacial score (nSPS) is 25.9. The van der Waals surface area contributed by atoms with Crippen molar-refractivity contribution in [1.29, 1.82) is 0 Å². The third-order valence-corrected chi connectivity index (χ3v) is 4.84. The largest absolute Gasteiger partial charge is 0.394 e. The molecule has 1 heterocycles. The van der Waals surface area contributed by atoms with Gasteiger partial charge in [-0.2, -0.15) is 5.10 Å². The number of carbonyl (C=O) groups excluding carboxylic acids is 1. The van der Waals surface area contributed by atoms with Crippen LogP contribution in [-0.4, -0.2) is 15.7 Å². The van der Waals surface area contributed by atoms with Crippen LogP contribution in [0.25, 0.3) is 0 Å². The minimum Gasteiger partial charge on any atom is -0.394 e. The Balaban J connectivity index is 1.56. The number of anilines is 2. The lowest BCUT2D eigenvalue weighted by Gasteiger charge is -2.13. The molecule has 0 saturated heterocycles. The SMILES string of the molecule is Cn1ncc(N)c1NC(=O)C1C2CCc3ccccc3C21. The molecule has 2 aliphatic carbocycles. The maximum atomic E-state index is 12.5. The molecular weight excluding hydrogens is 264 g/mol. The smallest absolute Gasteiger partial charge is 0.229 e. The minimum absolute atomic E-state index is 0.0667.